The summed E-state index contributed by atoms with van der Waals surface area (Å²) < 4.78 is 0. The van der Waals surface area contributed by atoms with Gasteiger partial charge in [0.2, 0.25) is 11.8 Å². The van der Waals surface area contributed by atoms with E-state index in [4.69, 9.17) is 5.73 Å². The van der Waals surface area contributed by atoms with Crippen molar-refractivity contribution in [2.45, 2.75) is 57.9 Å². The van der Waals surface area contributed by atoms with Crippen LogP contribution < -0.4 is 16.4 Å². The van der Waals surface area contributed by atoms with E-state index in [-0.39, 0.29) is 17.9 Å². The number of hydrogen-bond acceptors (Lipinski definition) is 3. The lowest BCUT2D eigenvalue weighted by Crippen LogP contribution is -2.50. The first kappa shape index (κ1) is 16.0. The van der Waals surface area contributed by atoms with E-state index in [1.807, 2.05) is 0 Å². The fourth-order valence-electron chi connectivity index (χ4n) is 2.59. The molecule has 0 saturated carbocycles. The summed E-state index contributed by atoms with van der Waals surface area (Å²) in [6.07, 6.45) is 6.26. The zero-order valence-electron chi connectivity index (χ0n) is 11.9. The summed E-state index contributed by atoms with van der Waals surface area (Å²) in [5.74, 6) is 0.466. The highest BCUT2D eigenvalue weighted by atomic mass is 16.2. The fourth-order valence-corrected chi connectivity index (χ4v) is 2.59. The standard InChI is InChI=1S/C14H27N3O2/c1-2-4-11(8-9-15)6-7-13(18)17-12-5-3-10-16-14(12)19/h11-12H,2-10,15H2,1H3,(H,16,19)(H,17,18). The third-order valence-corrected chi connectivity index (χ3v) is 3.67. The second-order valence-corrected chi connectivity index (χ2v) is 5.32. The van der Waals surface area contributed by atoms with Crippen molar-refractivity contribution in [3.8, 4) is 0 Å². The third-order valence-electron chi connectivity index (χ3n) is 3.67. The number of nitrogens with two attached hydrogens (primary N) is 1. The highest BCUT2D eigenvalue weighted by molar-refractivity contribution is 5.88. The lowest BCUT2D eigenvalue weighted by atomic mass is 9.94. The Labute approximate surface area is 115 Å². The molecule has 1 aliphatic heterocycles. The molecular weight excluding hydrogens is 242 g/mol. The Morgan fingerprint density at radius 2 is 2.26 bits per heavy atom. The van der Waals surface area contributed by atoms with Crippen molar-refractivity contribution < 1.29 is 9.59 Å². The Bertz CT molecular complexity index is 288. The van der Waals surface area contributed by atoms with E-state index in [1.54, 1.807) is 0 Å². The van der Waals surface area contributed by atoms with Gasteiger partial charge >= 0.3 is 0 Å². The van der Waals surface area contributed by atoms with E-state index in [0.717, 1.165) is 45.1 Å². The predicted molar refractivity (Wildman–Crippen MR) is 75.5 cm³/mol. The molecule has 2 atom stereocenters. The lowest BCUT2D eigenvalue weighted by Gasteiger charge is -2.23. The number of carbonyl (C=O) groups is 2. The van der Waals surface area contributed by atoms with Gasteiger partial charge in [-0.1, -0.05) is 19.8 Å². The summed E-state index contributed by atoms with van der Waals surface area (Å²) in [4.78, 5) is 23.4. The van der Waals surface area contributed by atoms with Crippen molar-refractivity contribution in [2.75, 3.05) is 13.1 Å². The first-order chi connectivity index (χ1) is 9.17. The minimum absolute atomic E-state index is 0.0137. The largest absolute Gasteiger partial charge is 0.354 e. The molecule has 19 heavy (non-hydrogen) atoms. The zero-order valence-corrected chi connectivity index (χ0v) is 11.9. The molecule has 1 rings (SSSR count). The Balaban J connectivity index is 2.27. The molecule has 0 bridgehead atoms. The molecule has 0 aromatic heterocycles. The number of nitrogens with one attached hydrogen (secondary N) is 2. The minimum atomic E-state index is -0.333. The molecule has 1 fully saturated rings. The third kappa shape index (κ3) is 6.05. The van der Waals surface area contributed by atoms with Gasteiger partial charge < -0.3 is 16.4 Å². The second kappa shape index (κ2) is 8.91. The van der Waals surface area contributed by atoms with E-state index in [2.05, 4.69) is 17.6 Å². The molecule has 0 aromatic carbocycles. The Kier molecular flexibility index (Phi) is 7.48. The van der Waals surface area contributed by atoms with Crippen LogP contribution in [0.5, 0.6) is 0 Å². The van der Waals surface area contributed by atoms with Crippen LogP contribution in [-0.2, 0) is 9.59 Å². The summed E-state index contributed by atoms with van der Waals surface area (Å²) in [7, 11) is 0. The zero-order chi connectivity index (χ0) is 14.1. The Hall–Kier alpha value is -1.10. The summed E-state index contributed by atoms with van der Waals surface area (Å²) in [6, 6.07) is -0.333. The van der Waals surface area contributed by atoms with Crippen LogP contribution in [0.3, 0.4) is 0 Å². The number of rotatable bonds is 8. The minimum Gasteiger partial charge on any atom is -0.354 e. The monoisotopic (exact) mass is 269 g/mol. The molecule has 5 heteroatoms. The van der Waals surface area contributed by atoms with Crippen molar-refractivity contribution in [3.63, 3.8) is 0 Å². The van der Waals surface area contributed by atoms with Gasteiger partial charge in [0, 0.05) is 13.0 Å². The lowest BCUT2D eigenvalue weighted by molar-refractivity contribution is -0.130. The van der Waals surface area contributed by atoms with Crippen LogP contribution in [-0.4, -0.2) is 30.9 Å². The topological polar surface area (TPSA) is 84.2 Å². The molecular formula is C14H27N3O2. The van der Waals surface area contributed by atoms with Gasteiger partial charge in [-0.2, -0.15) is 0 Å². The average Bonchev–Trinajstić information content (AvgIpc) is 2.39. The number of piperidine rings is 1. The molecule has 5 nitrogen and oxygen atoms in total. The molecule has 2 unspecified atom stereocenters. The normalized spacial score (nSPS) is 20.7. The van der Waals surface area contributed by atoms with Crippen LogP contribution in [0.2, 0.25) is 0 Å². The van der Waals surface area contributed by atoms with Gasteiger partial charge in [-0.3, -0.25) is 9.59 Å². The Morgan fingerprint density at radius 3 is 2.89 bits per heavy atom. The fraction of sp³-hybridized carbons (Fsp3) is 0.857. The van der Waals surface area contributed by atoms with Gasteiger partial charge in [0.05, 0.1) is 0 Å². The number of amides is 2. The van der Waals surface area contributed by atoms with Gasteiger partial charge in [-0.15, -0.1) is 0 Å². The summed E-state index contributed by atoms with van der Waals surface area (Å²) >= 11 is 0. The molecule has 0 spiro atoms. The van der Waals surface area contributed by atoms with Gasteiger partial charge in [0.15, 0.2) is 0 Å². The maximum absolute atomic E-state index is 11.8. The van der Waals surface area contributed by atoms with Crippen molar-refractivity contribution >= 4 is 11.8 Å². The van der Waals surface area contributed by atoms with Crippen molar-refractivity contribution in [2.24, 2.45) is 11.7 Å². The first-order valence-corrected chi connectivity index (χ1v) is 7.44. The first-order valence-electron chi connectivity index (χ1n) is 7.44. The highest BCUT2D eigenvalue weighted by Gasteiger charge is 2.23. The molecule has 1 aliphatic rings. The molecule has 2 amide bonds. The SMILES string of the molecule is CCCC(CCN)CCC(=O)NC1CCCNC1=O. The van der Waals surface area contributed by atoms with Crippen LogP contribution >= 0.6 is 0 Å². The molecule has 1 saturated heterocycles. The second-order valence-electron chi connectivity index (χ2n) is 5.32. The molecule has 0 aliphatic carbocycles. The maximum atomic E-state index is 11.8. The maximum Gasteiger partial charge on any atom is 0.242 e. The smallest absolute Gasteiger partial charge is 0.242 e. The van der Waals surface area contributed by atoms with E-state index in [1.165, 1.54) is 0 Å². The predicted octanol–water partition coefficient (Wildman–Crippen LogP) is 0.927. The van der Waals surface area contributed by atoms with Gasteiger partial charge in [0.25, 0.3) is 0 Å². The summed E-state index contributed by atoms with van der Waals surface area (Å²) in [5.41, 5.74) is 5.58. The molecule has 1 heterocycles. The van der Waals surface area contributed by atoms with Crippen LogP contribution in [0.25, 0.3) is 0 Å². The highest BCUT2D eigenvalue weighted by Crippen LogP contribution is 2.17. The van der Waals surface area contributed by atoms with Gasteiger partial charge in [-0.05, 0) is 38.1 Å². The number of carbonyl (C=O) groups excluding carboxylic acids is 2. The molecule has 0 radical (unpaired) electrons. The van der Waals surface area contributed by atoms with Crippen LogP contribution in [0.1, 0.15) is 51.9 Å². The van der Waals surface area contributed by atoms with Crippen molar-refractivity contribution in [1.82, 2.24) is 10.6 Å². The average molecular weight is 269 g/mol. The quantitative estimate of drug-likeness (QED) is 0.613. The Morgan fingerprint density at radius 1 is 1.47 bits per heavy atom. The van der Waals surface area contributed by atoms with Crippen molar-refractivity contribution in [3.05, 3.63) is 0 Å². The van der Waals surface area contributed by atoms with E-state index >= 15 is 0 Å². The molecule has 110 valence electrons. The summed E-state index contributed by atoms with van der Waals surface area (Å²) in [6.45, 7) is 3.55. The van der Waals surface area contributed by atoms with Crippen LogP contribution in [0, 0.1) is 5.92 Å². The van der Waals surface area contributed by atoms with Gasteiger partial charge in [-0.25, -0.2) is 0 Å². The van der Waals surface area contributed by atoms with Crippen LogP contribution in [0.15, 0.2) is 0 Å². The van der Waals surface area contributed by atoms with Gasteiger partial charge in [0.1, 0.15) is 6.04 Å². The molecule has 4 N–H and O–H groups in total. The van der Waals surface area contributed by atoms with Crippen molar-refractivity contribution in [1.29, 1.82) is 0 Å². The molecule has 0 aromatic rings. The summed E-state index contributed by atoms with van der Waals surface area (Å²) in [5, 5.41) is 5.60. The van der Waals surface area contributed by atoms with E-state index < -0.39 is 0 Å². The number of hydrogen-bond donors (Lipinski definition) is 3. The van der Waals surface area contributed by atoms with Crippen LogP contribution in [0.4, 0.5) is 0 Å². The van der Waals surface area contributed by atoms with E-state index in [9.17, 15) is 9.59 Å². The van der Waals surface area contributed by atoms with E-state index in [0.29, 0.717) is 18.9 Å².